The maximum Gasteiger partial charge on any atom is 0.127 e. The Morgan fingerprint density at radius 2 is 2.06 bits per heavy atom. The van der Waals surface area contributed by atoms with Gasteiger partial charge in [-0.2, -0.15) is 0 Å². The third-order valence-electron chi connectivity index (χ3n) is 4.19. The van der Waals surface area contributed by atoms with Crippen molar-refractivity contribution in [1.29, 1.82) is 0 Å². The SMILES string of the molecule is CC1CCC(NCc2cc(Cl)ccc2F)CC1C. The van der Waals surface area contributed by atoms with Crippen LogP contribution in [0.25, 0.3) is 0 Å². The van der Waals surface area contributed by atoms with Crippen LogP contribution >= 0.6 is 11.6 Å². The lowest BCUT2D eigenvalue weighted by molar-refractivity contribution is 0.225. The van der Waals surface area contributed by atoms with Crippen LogP contribution in [0.3, 0.4) is 0 Å². The van der Waals surface area contributed by atoms with Crippen molar-refractivity contribution in [2.75, 3.05) is 0 Å². The zero-order valence-electron chi connectivity index (χ0n) is 11.0. The Labute approximate surface area is 114 Å². The third-order valence-corrected chi connectivity index (χ3v) is 4.42. The summed E-state index contributed by atoms with van der Waals surface area (Å²) in [6.07, 6.45) is 3.63. The van der Waals surface area contributed by atoms with Crippen molar-refractivity contribution in [3.8, 4) is 0 Å². The van der Waals surface area contributed by atoms with E-state index in [1.807, 2.05) is 0 Å². The van der Waals surface area contributed by atoms with Gasteiger partial charge in [0.2, 0.25) is 0 Å². The largest absolute Gasteiger partial charge is 0.310 e. The molecule has 0 radical (unpaired) electrons. The Morgan fingerprint density at radius 3 is 2.78 bits per heavy atom. The first-order chi connectivity index (χ1) is 8.56. The molecule has 18 heavy (non-hydrogen) atoms. The standard InChI is InChI=1S/C15H21ClFN/c1-10-3-5-14(7-11(10)2)18-9-12-8-13(16)4-6-15(12)17/h4,6,8,10-11,14,18H,3,5,7,9H2,1-2H3. The van der Waals surface area contributed by atoms with E-state index in [0.29, 0.717) is 23.2 Å². The highest BCUT2D eigenvalue weighted by atomic mass is 35.5. The molecule has 0 aliphatic heterocycles. The molecule has 3 unspecified atom stereocenters. The van der Waals surface area contributed by atoms with Crippen LogP contribution in [0.15, 0.2) is 18.2 Å². The first-order valence-corrected chi connectivity index (χ1v) is 7.11. The van der Waals surface area contributed by atoms with Gasteiger partial charge in [0.25, 0.3) is 0 Å². The van der Waals surface area contributed by atoms with Crippen LogP contribution in [0.1, 0.15) is 38.7 Å². The molecule has 0 amide bonds. The molecule has 0 saturated heterocycles. The molecule has 0 aromatic heterocycles. The molecule has 1 aromatic rings. The minimum atomic E-state index is -0.177. The molecule has 3 heteroatoms. The molecule has 1 aliphatic carbocycles. The van der Waals surface area contributed by atoms with Crippen molar-refractivity contribution in [3.05, 3.63) is 34.6 Å². The molecule has 1 nitrogen and oxygen atoms in total. The fourth-order valence-corrected chi connectivity index (χ4v) is 2.86. The fraction of sp³-hybridized carbons (Fsp3) is 0.600. The normalized spacial score (nSPS) is 28.3. The Morgan fingerprint density at radius 1 is 1.28 bits per heavy atom. The number of nitrogens with one attached hydrogen (secondary N) is 1. The van der Waals surface area contributed by atoms with Gasteiger partial charge >= 0.3 is 0 Å². The van der Waals surface area contributed by atoms with E-state index in [4.69, 9.17) is 11.6 Å². The van der Waals surface area contributed by atoms with Gasteiger partial charge in [-0.05, 0) is 49.3 Å². The lowest BCUT2D eigenvalue weighted by Gasteiger charge is -2.32. The van der Waals surface area contributed by atoms with Crippen molar-refractivity contribution in [2.24, 2.45) is 11.8 Å². The number of halogens is 2. The third kappa shape index (κ3) is 3.46. The van der Waals surface area contributed by atoms with Crippen LogP contribution in [0.2, 0.25) is 5.02 Å². The summed E-state index contributed by atoms with van der Waals surface area (Å²) in [4.78, 5) is 0. The summed E-state index contributed by atoms with van der Waals surface area (Å²) in [6, 6.07) is 5.24. The lowest BCUT2D eigenvalue weighted by Crippen LogP contribution is -2.35. The predicted octanol–water partition coefficient (Wildman–Crippen LogP) is 4.39. The molecule has 1 fully saturated rings. The van der Waals surface area contributed by atoms with Gasteiger partial charge in [-0.25, -0.2) is 4.39 Å². The first-order valence-electron chi connectivity index (χ1n) is 6.73. The average molecular weight is 270 g/mol. The maximum atomic E-state index is 13.6. The second-order valence-corrected chi connectivity index (χ2v) is 6.02. The minimum Gasteiger partial charge on any atom is -0.310 e. The Hall–Kier alpha value is -0.600. The molecule has 2 rings (SSSR count). The molecule has 1 aromatic carbocycles. The molecule has 0 spiro atoms. The topological polar surface area (TPSA) is 12.0 Å². The second kappa shape index (κ2) is 6.03. The zero-order valence-corrected chi connectivity index (χ0v) is 11.8. The van der Waals surface area contributed by atoms with Crippen molar-refractivity contribution in [3.63, 3.8) is 0 Å². The molecule has 0 bridgehead atoms. The van der Waals surface area contributed by atoms with Gasteiger partial charge in [-0.3, -0.25) is 0 Å². The Balaban J connectivity index is 1.90. The van der Waals surface area contributed by atoms with Crippen molar-refractivity contribution in [1.82, 2.24) is 5.32 Å². The summed E-state index contributed by atoms with van der Waals surface area (Å²) in [7, 11) is 0. The highest BCUT2D eigenvalue weighted by molar-refractivity contribution is 6.30. The smallest absolute Gasteiger partial charge is 0.127 e. The molecule has 100 valence electrons. The molecule has 1 N–H and O–H groups in total. The molecule has 0 heterocycles. The monoisotopic (exact) mass is 269 g/mol. The maximum absolute atomic E-state index is 13.6. The van der Waals surface area contributed by atoms with E-state index in [0.717, 1.165) is 11.8 Å². The zero-order chi connectivity index (χ0) is 13.1. The quantitative estimate of drug-likeness (QED) is 0.858. The van der Waals surface area contributed by atoms with Crippen molar-refractivity contribution in [2.45, 2.75) is 45.7 Å². The predicted molar refractivity (Wildman–Crippen MR) is 74.2 cm³/mol. The van der Waals surface area contributed by atoms with Gasteiger partial charge in [0, 0.05) is 23.2 Å². The highest BCUT2D eigenvalue weighted by Crippen LogP contribution is 2.29. The number of rotatable bonds is 3. The average Bonchev–Trinajstić information content (AvgIpc) is 2.34. The summed E-state index contributed by atoms with van der Waals surface area (Å²) < 4.78 is 13.6. The molecule has 3 atom stereocenters. The van der Waals surface area contributed by atoms with Crippen LogP contribution in [-0.2, 0) is 6.54 Å². The fourth-order valence-electron chi connectivity index (χ4n) is 2.67. The summed E-state index contributed by atoms with van der Waals surface area (Å²) in [5.74, 6) is 1.38. The molecule has 1 saturated carbocycles. The van der Waals surface area contributed by atoms with Crippen LogP contribution in [0, 0.1) is 17.7 Å². The summed E-state index contributed by atoms with van der Waals surface area (Å²) >= 11 is 5.89. The number of hydrogen-bond acceptors (Lipinski definition) is 1. The Bertz CT molecular complexity index is 407. The minimum absolute atomic E-state index is 0.177. The van der Waals surface area contributed by atoms with Crippen molar-refractivity contribution >= 4 is 11.6 Å². The number of hydrogen-bond donors (Lipinski definition) is 1. The van der Waals surface area contributed by atoms with Gasteiger partial charge in [0.15, 0.2) is 0 Å². The van der Waals surface area contributed by atoms with E-state index in [1.165, 1.54) is 25.3 Å². The van der Waals surface area contributed by atoms with Crippen LogP contribution < -0.4 is 5.32 Å². The van der Waals surface area contributed by atoms with E-state index in [2.05, 4.69) is 19.2 Å². The second-order valence-electron chi connectivity index (χ2n) is 5.58. The van der Waals surface area contributed by atoms with Crippen molar-refractivity contribution < 1.29 is 4.39 Å². The van der Waals surface area contributed by atoms with Crippen LogP contribution in [0.5, 0.6) is 0 Å². The molecule has 1 aliphatic rings. The van der Waals surface area contributed by atoms with E-state index >= 15 is 0 Å². The van der Waals surface area contributed by atoms with Gasteiger partial charge in [-0.15, -0.1) is 0 Å². The van der Waals surface area contributed by atoms with E-state index in [9.17, 15) is 4.39 Å². The van der Waals surface area contributed by atoms with E-state index in [1.54, 1.807) is 12.1 Å². The Kier molecular flexibility index (Phi) is 4.63. The number of benzene rings is 1. The highest BCUT2D eigenvalue weighted by Gasteiger charge is 2.24. The van der Waals surface area contributed by atoms with Gasteiger partial charge in [-0.1, -0.05) is 25.4 Å². The first kappa shape index (κ1) is 13.8. The van der Waals surface area contributed by atoms with Crippen LogP contribution in [-0.4, -0.2) is 6.04 Å². The molecular weight excluding hydrogens is 249 g/mol. The lowest BCUT2D eigenvalue weighted by atomic mass is 9.79. The van der Waals surface area contributed by atoms with Gasteiger partial charge < -0.3 is 5.32 Å². The molecular formula is C15H21ClFN. The van der Waals surface area contributed by atoms with E-state index in [-0.39, 0.29) is 5.82 Å². The van der Waals surface area contributed by atoms with E-state index < -0.39 is 0 Å². The van der Waals surface area contributed by atoms with Gasteiger partial charge in [0.1, 0.15) is 5.82 Å². The summed E-state index contributed by atoms with van der Waals surface area (Å²) in [5, 5.41) is 4.05. The van der Waals surface area contributed by atoms with Gasteiger partial charge in [0.05, 0.1) is 0 Å². The summed E-state index contributed by atoms with van der Waals surface area (Å²) in [6.45, 7) is 5.19. The summed E-state index contributed by atoms with van der Waals surface area (Å²) in [5.41, 5.74) is 0.661. The van der Waals surface area contributed by atoms with Crippen LogP contribution in [0.4, 0.5) is 4.39 Å².